The molecule has 1 unspecified atom stereocenters. The number of thioether (sulfide) groups is 1. The molecule has 5 heteroatoms. The van der Waals surface area contributed by atoms with Gasteiger partial charge in [0, 0.05) is 0 Å². The monoisotopic (exact) mass is 387 g/mol. The summed E-state index contributed by atoms with van der Waals surface area (Å²) in [6, 6.07) is 22.1. The molecule has 28 heavy (non-hydrogen) atoms. The van der Waals surface area contributed by atoms with Gasteiger partial charge in [0.05, 0.1) is 28.5 Å². The van der Waals surface area contributed by atoms with Gasteiger partial charge in [-0.2, -0.15) is 0 Å². The number of benzene rings is 3. The van der Waals surface area contributed by atoms with Crippen molar-refractivity contribution in [3.8, 4) is 0 Å². The number of amides is 1. The summed E-state index contributed by atoms with van der Waals surface area (Å²) in [5.74, 6) is 0.294. The summed E-state index contributed by atoms with van der Waals surface area (Å²) in [6.07, 6.45) is 0. The highest BCUT2D eigenvalue weighted by Gasteiger charge is 2.14. The van der Waals surface area contributed by atoms with Crippen LogP contribution >= 0.6 is 11.8 Å². The Morgan fingerprint density at radius 1 is 0.964 bits per heavy atom. The van der Waals surface area contributed by atoms with E-state index in [1.165, 1.54) is 22.5 Å². The van der Waals surface area contributed by atoms with Crippen LogP contribution in [0, 0.1) is 6.92 Å². The van der Waals surface area contributed by atoms with Gasteiger partial charge in [-0.15, -0.1) is 0 Å². The molecule has 0 fully saturated rings. The summed E-state index contributed by atoms with van der Waals surface area (Å²) < 4.78 is 0. The molecule has 4 rings (SSSR count). The normalized spacial score (nSPS) is 12.2. The van der Waals surface area contributed by atoms with Crippen LogP contribution in [0.1, 0.15) is 24.2 Å². The summed E-state index contributed by atoms with van der Waals surface area (Å²) >= 11 is 1.43. The van der Waals surface area contributed by atoms with E-state index in [0.717, 1.165) is 27.3 Å². The first-order valence-electron chi connectivity index (χ1n) is 9.25. The summed E-state index contributed by atoms with van der Waals surface area (Å²) in [7, 11) is 0. The van der Waals surface area contributed by atoms with Crippen LogP contribution < -0.4 is 5.32 Å². The maximum Gasteiger partial charge on any atom is 0.230 e. The van der Waals surface area contributed by atoms with Crippen molar-refractivity contribution in [2.45, 2.75) is 24.9 Å². The number of carbonyl (C=O) groups excluding carboxylic acids is 1. The zero-order chi connectivity index (χ0) is 19.5. The van der Waals surface area contributed by atoms with Gasteiger partial charge in [-0.25, -0.2) is 9.97 Å². The Hall–Kier alpha value is -2.92. The first kappa shape index (κ1) is 18.4. The third kappa shape index (κ3) is 3.85. The van der Waals surface area contributed by atoms with Gasteiger partial charge >= 0.3 is 0 Å². The molecule has 4 nitrogen and oxygen atoms in total. The topological polar surface area (TPSA) is 54.9 Å². The molecule has 0 aliphatic heterocycles. The number of nitrogens with one attached hydrogen (secondary N) is 1. The van der Waals surface area contributed by atoms with E-state index in [2.05, 4.69) is 39.6 Å². The number of hydrogen-bond acceptors (Lipinski definition) is 4. The average Bonchev–Trinajstić information content (AvgIpc) is 2.71. The van der Waals surface area contributed by atoms with Crippen LogP contribution in [-0.2, 0) is 4.79 Å². The van der Waals surface area contributed by atoms with Crippen LogP contribution in [0.15, 0.2) is 71.8 Å². The van der Waals surface area contributed by atoms with Crippen LogP contribution in [0.2, 0.25) is 0 Å². The predicted molar refractivity (Wildman–Crippen MR) is 116 cm³/mol. The molecular weight excluding hydrogens is 366 g/mol. The minimum absolute atomic E-state index is 0.0141. The van der Waals surface area contributed by atoms with Crippen molar-refractivity contribution < 1.29 is 4.79 Å². The quantitative estimate of drug-likeness (QED) is 0.486. The second-order valence-electron chi connectivity index (χ2n) is 6.75. The smallest absolute Gasteiger partial charge is 0.230 e. The second kappa shape index (κ2) is 7.98. The Balaban J connectivity index is 1.45. The molecule has 4 aromatic rings. The first-order chi connectivity index (χ1) is 13.6. The Bertz CT molecular complexity index is 1150. The second-order valence-corrected chi connectivity index (χ2v) is 7.71. The Labute approximate surface area is 168 Å². The van der Waals surface area contributed by atoms with Crippen molar-refractivity contribution in [3.63, 3.8) is 0 Å². The van der Waals surface area contributed by atoms with Gasteiger partial charge in [-0.3, -0.25) is 4.79 Å². The molecule has 1 heterocycles. The highest BCUT2D eigenvalue weighted by Crippen LogP contribution is 2.25. The third-order valence-corrected chi connectivity index (χ3v) is 5.78. The molecule has 3 aromatic carbocycles. The number of aryl methyl sites for hydroxylation is 1. The first-order valence-corrected chi connectivity index (χ1v) is 10.2. The fourth-order valence-electron chi connectivity index (χ4n) is 3.33. The maximum atomic E-state index is 12.5. The van der Waals surface area contributed by atoms with Gasteiger partial charge in [0.1, 0.15) is 5.03 Å². The van der Waals surface area contributed by atoms with Gasteiger partial charge in [0.2, 0.25) is 5.91 Å². The number of nitrogens with zero attached hydrogens (tertiary/aromatic N) is 2. The van der Waals surface area contributed by atoms with Crippen LogP contribution in [0.4, 0.5) is 0 Å². The zero-order valence-electron chi connectivity index (χ0n) is 15.8. The lowest BCUT2D eigenvalue weighted by Gasteiger charge is -2.16. The lowest BCUT2D eigenvalue weighted by Crippen LogP contribution is -2.28. The molecule has 0 saturated heterocycles. The summed E-state index contributed by atoms with van der Waals surface area (Å²) in [5, 5.41) is 6.25. The van der Waals surface area contributed by atoms with Crippen molar-refractivity contribution >= 4 is 39.5 Å². The summed E-state index contributed by atoms with van der Waals surface area (Å²) in [6.45, 7) is 3.95. The van der Waals surface area contributed by atoms with Crippen LogP contribution in [-0.4, -0.2) is 21.6 Å². The fraction of sp³-hybridized carbons (Fsp3) is 0.174. The lowest BCUT2D eigenvalue weighted by atomic mass is 10.00. The molecule has 1 aromatic heterocycles. The minimum atomic E-state index is -0.0667. The molecule has 1 N–H and O–H groups in total. The standard InChI is InChI=1S/C23H21N3OS/c1-15(18-11-7-9-17-8-3-4-10-19(17)18)25-22(27)14-28-23-16(2)24-20-12-5-6-13-21(20)26-23/h3-13,15H,14H2,1-2H3,(H,25,27). The van der Waals surface area contributed by atoms with Gasteiger partial charge in [0.25, 0.3) is 0 Å². The van der Waals surface area contributed by atoms with Crippen molar-refractivity contribution in [1.82, 2.24) is 15.3 Å². The highest BCUT2D eigenvalue weighted by molar-refractivity contribution is 7.99. The number of fused-ring (bicyclic) bond motifs is 2. The van der Waals surface area contributed by atoms with Crippen molar-refractivity contribution in [3.05, 3.63) is 78.0 Å². The number of hydrogen-bond donors (Lipinski definition) is 1. The van der Waals surface area contributed by atoms with Crippen molar-refractivity contribution in [2.75, 3.05) is 5.75 Å². The average molecular weight is 388 g/mol. The molecule has 1 atom stereocenters. The fourth-order valence-corrected chi connectivity index (χ4v) is 4.10. The lowest BCUT2D eigenvalue weighted by molar-refractivity contribution is -0.119. The van der Waals surface area contributed by atoms with E-state index in [1.54, 1.807) is 0 Å². The molecular formula is C23H21N3OS. The molecule has 0 aliphatic rings. The van der Waals surface area contributed by atoms with E-state index in [9.17, 15) is 4.79 Å². The van der Waals surface area contributed by atoms with Crippen molar-refractivity contribution in [1.29, 1.82) is 0 Å². The molecule has 1 amide bonds. The SMILES string of the molecule is Cc1nc2ccccc2nc1SCC(=O)NC(C)c1cccc2ccccc12. The van der Waals surface area contributed by atoms with Crippen LogP contribution in [0.25, 0.3) is 21.8 Å². The molecule has 0 aliphatic carbocycles. The number of aromatic nitrogens is 2. The third-order valence-electron chi connectivity index (χ3n) is 4.71. The molecule has 0 bridgehead atoms. The largest absolute Gasteiger partial charge is 0.349 e. The number of rotatable bonds is 5. The zero-order valence-corrected chi connectivity index (χ0v) is 16.7. The minimum Gasteiger partial charge on any atom is -0.349 e. The van der Waals surface area contributed by atoms with E-state index in [4.69, 9.17) is 0 Å². The van der Waals surface area contributed by atoms with Crippen LogP contribution in [0.3, 0.4) is 0 Å². The van der Waals surface area contributed by atoms with Gasteiger partial charge in [-0.05, 0) is 42.3 Å². The van der Waals surface area contributed by atoms with Gasteiger partial charge < -0.3 is 5.32 Å². The Morgan fingerprint density at radius 3 is 2.46 bits per heavy atom. The van der Waals surface area contributed by atoms with Crippen molar-refractivity contribution in [2.24, 2.45) is 0 Å². The van der Waals surface area contributed by atoms with E-state index >= 15 is 0 Å². The molecule has 140 valence electrons. The van der Waals surface area contributed by atoms with E-state index in [0.29, 0.717) is 5.75 Å². The predicted octanol–water partition coefficient (Wildman–Crippen LogP) is 5.06. The Morgan fingerprint density at radius 2 is 1.64 bits per heavy atom. The molecule has 0 saturated carbocycles. The van der Waals surface area contributed by atoms with E-state index < -0.39 is 0 Å². The van der Waals surface area contributed by atoms with Gasteiger partial charge in [-0.1, -0.05) is 66.4 Å². The summed E-state index contributed by atoms with van der Waals surface area (Å²) in [5.41, 5.74) is 3.69. The van der Waals surface area contributed by atoms with Gasteiger partial charge in [0.15, 0.2) is 0 Å². The number of carbonyl (C=O) groups is 1. The van der Waals surface area contributed by atoms with E-state index in [1.807, 2.05) is 56.3 Å². The van der Waals surface area contributed by atoms with E-state index in [-0.39, 0.29) is 11.9 Å². The summed E-state index contributed by atoms with van der Waals surface area (Å²) in [4.78, 5) is 21.8. The Kier molecular flexibility index (Phi) is 5.26. The maximum absolute atomic E-state index is 12.5. The molecule has 0 radical (unpaired) electrons. The van der Waals surface area contributed by atoms with Crippen LogP contribution in [0.5, 0.6) is 0 Å². The number of para-hydroxylation sites is 2. The highest BCUT2D eigenvalue weighted by atomic mass is 32.2. The molecule has 0 spiro atoms.